The maximum absolute atomic E-state index is 5.22. The lowest BCUT2D eigenvalue weighted by atomic mass is 10.5. The summed E-state index contributed by atoms with van der Waals surface area (Å²) in [5, 5.41) is 0.914. The molecule has 3 heteroatoms. The van der Waals surface area contributed by atoms with Gasteiger partial charge in [0.25, 0.3) is 0 Å². The fourth-order valence-corrected chi connectivity index (χ4v) is 0.571. The van der Waals surface area contributed by atoms with Crippen LogP contribution in [-0.2, 0) is 4.74 Å². The molecule has 0 saturated heterocycles. The van der Waals surface area contributed by atoms with Gasteiger partial charge in [-0.2, -0.15) is 0 Å². The lowest BCUT2D eigenvalue weighted by Gasteiger charge is -1.97. The summed E-state index contributed by atoms with van der Waals surface area (Å²) in [5.41, 5.74) is 5.22. The summed E-state index contributed by atoms with van der Waals surface area (Å²) in [6.07, 6.45) is 0.965. The van der Waals surface area contributed by atoms with E-state index in [2.05, 4.69) is 15.9 Å². The van der Waals surface area contributed by atoms with E-state index in [1.165, 1.54) is 0 Å². The van der Waals surface area contributed by atoms with Gasteiger partial charge in [0.05, 0.1) is 6.61 Å². The summed E-state index contributed by atoms with van der Waals surface area (Å²) >= 11 is 3.25. The van der Waals surface area contributed by atoms with Crippen LogP contribution in [0, 0.1) is 0 Å². The molecule has 0 spiro atoms. The Bertz CT molecular complexity index is 37.4. The van der Waals surface area contributed by atoms with E-state index < -0.39 is 0 Å². The van der Waals surface area contributed by atoms with Gasteiger partial charge >= 0.3 is 0 Å². The van der Waals surface area contributed by atoms with Crippen molar-refractivity contribution in [3.05, 3.63) is 0 Å². The first kappa shape index (κ1) is 8.40. The second-order valence-corrected chi connectivity index (χ2v) is 2.24. The van der Waals surface area contributed by atoms with E-state index in [4.69, 9.17) is 10.5 Å². The van der Waals surface area contributed by atoms with Crippen LogP contribution in [0.15, 0.2) is 0 Å². The number of ether oxygens (including phenoxy) is 1. The van der Waals surface area contributed by atoms with Gasteiger partial charge in [0, 0.05) is 11.9 Å². The van der Waals surface area contributed by atoms with Crippen LogP contribution in [0.5, 0.6) is 0 Å². The summed E-state index contributed by atoms with van der Waals surface area (Å²) in [6, 6.07) is 0. The number of rotatable bonds is 5. The topological polar surface area (TPSA) is 35.2 Å². The van der Waals surface area contributed by atoms with E-state index in [-0.39, 0.29) is 0 Å². The van der Waals surface area contributed by atoms with Crippen LogP contribution in [0.25, 0.3) is 0 Å². The lowest BCUT2D eigenvalue weighted by molar-refractivity contribution is 0.149. The summed E-state index contributed by atoms with van der Waals surface area (Å²) < 4.78 is 5.10. The Balaban J connectivity index is 2.53. The van der Waals surface area contributed by atoms with Gasteiger partial charge in [-0.1, -0.05) is 15.9 Å². The highest BCUT2D eigenvalue weighted by Crippen LogP contribution is 1.83. The molecule has 0 bridgehead atoms. The number of alkyl halides is 1. The molecule has 0 radical (unpaired) electrons. The molecular weight excluding hydrogens is 170 g/mol. The van der Waals surface area contributed by atoms with Gasteiger partial charge in [0.2, 0.25) is 0 Å². The molecule has 2 N–H and O–H groups in total. The third-order valence-electron chi connectivity index (χ3n) is 0.714. The van der Waals surface area contributed by atoms with Crippen molar-refractivity contribution in [3.8, 4) is 0 Å². The predicted octanol–water partition coefficient (Wildman–Crippen LogP) is 0.747. The van der Waals surface area contributed by atoms with E-state index in [9.17, 15) is 0 Å². The normalized spacial score (nSPS) is 9.75. The molecule has 0 aliphatic rings. The first-order valence-corrected chi connectivity index (χ1v) is 3.87. The van der Waals surface area contributed by atoms with Gasteiger partial charge < -0.3 is 10.5 Å². The molecule has 0 aromatic rings. The zero-order valence-electron chi connectivity index (χ0n) is 4.90. The maximum Gasteiger partial charge on any atom is 0.0563 e. The fourth-order valence-electron chi connectivity index (χ4n) is 0.342. The van der Waals surface area contributed by atoms with Crippen LogP contribution in [-0.4, -0.2) is 25.1 Å². The number of nitrogens with two attached hydrogens (primary N) is 1. The van der Waals surface area contributed by atoms with Crippen molar-refractivity contribution < 1.29 is 4.74 Å². The first-order valence-electron chi connectivity index (χ1n) is 2.75. The SMILES string of the molecule is NCCCOCCBr. The van der Waals surface area contributed by atoms with E-state index in [0.29, 0.717) is 0 Å². The lowest BCUT2D eigenvalue weighted by Crippen LogP contribution is -2.05. The Morgan fingerprint density at radius 3 is 2.62 bits per heavy atom. The second-order valence-electron chi connectivity index (χ2n) is 1.44. The molecule has 0 aliphatic carbocycles. The van der Waals surface area contributed by atoms with Crippen molar-refractivity contribution in [2.24, 2.45) is 5.73 Å². The molecular formula is C5H12BrNO. The van der Waals surface area contributed by atoms with Gasteiger partial charge in [-0.25, -0.2) is 0 Å². The molecule has 2 nitrogen and oxygen atoms in total. The minimum absolute atomic E-state index is 0.724. The van der Waals surface area contributed by atoms with Crippen molar-refractivity contribution in [2.75, 3.05) is 25.1 Å². The first-order chi connectivity index (χ1) is 3.91. The Labute approximate surface area is 58.5 Å². The molecule has 0 fully saturated rings. The molecule has 0 unspecified atom stereocenters. The highest BCUT2D eigenvalue weighted by Gasteiger charge is 1.82. The minimum Gasteiger partial charge on any atom is -0.381 e. The van der Waals surface area contributed by atoms with E-state index in [1.54, 1.807) is 0 Å². The molecule has 0 aliphatic heterocycles. The monoisotopic (exact) mass is 181 g/mol. The van der Waals surface area contributed by atoms with Crippen molar-refractivity contribution in [3.63, 3.8) is 0 Å². The highest BCUT2D eigenvalue weighted by atomic mass is 79.9. The molecule has 0 atom stereocenters. The third-order valence-corrected chi connectivity index (χ3v) is 1.04. The van der Waals surface area contributed by atoms with Crippen molar-refractivity contribution in [2.45, 2.75) is 6.42 Å². The molecule has 0 saturated carbocycles. The van der Waals surface area contributed by atoms with Gasteiger partial charge in [-0.05, 0) is 13.0 Å². The van der Waals surface area contributed by atoms with Crippen LogP contribution in [0.1, 0.15) is 6.42 Å². The maximum atomic E-state index is 5.22. The average molecular weight is 182 g/mol. The van der Waals surface area contributed by atoms with Gasteiger partial charge in [-0.15, -0.1) is 0 Å². The summed E-state index contributed by atoms with van der Waals surface area (Å²) in [7, 11) is 0. The molecule has 0 amide bonds. The molecule has 0 rings (SSSR count). The second kappa shape index (κ2) is 7.40. The van der Waals surface area contributed by atoms with Crippen LogP contribution < -0.4 is 5.73 Å². The van der Waals surface area contributed by atoms with Crippen LogP contribution >= 0.6 is 15.9 Å². The number of hydrogen-bond donors (Lipinski definition) is 1. The molecule has 0 heterocycles. The Morgan fingerprint density at radius 2 is 2.12 bits per heavy atom. The predicted molar refractivity (Wildman–Crippen MR) is 38.3 cm³/mol. The zero-order valence-corrected chi connectivity index (χ0v) is 6.49. The number of halogens is 1. The quantitative estimate of drug-likeness (QED) is 0.502. The number of hydrogen-bond acceptors (Lipinski definition) is 2. The smallest absolute Gasteiger partial charge is 0.0563 e. The minimum atomic E-state index is 0.724. The van der Waals surface area contributed by atoms with E-state index in [0.717, 1.165) is 31.5 Å². The molecule has 0 aromatic carbocycles. The van der Waals surface area contributed by atoms with E-state index >= 15 is 0 Å². The van der Waals surface area contributed by atoms with Crippen LogP contribution in [0.2, 0.25) is 0 Å². The third kappa shape index (κ3) is 6.40. The Hall–Kier alpha value is 0.400. The van der Waals surface area contributed by atoms with Crippen molar-refractivity contribution >= 4 is 15.9 Å². The summed E-state index contributed by atoms with van der Waals surface area (Å²) in [6.45, 7) is 2.31. The molecule has 0 aromatic heterocycles. The van der Waals surface area contributed by atoms with Crippen LogP contribution in [0.3, 0.4) is 0 Å². The average Bonchev–Trinajstić information content (AvgIpc) is 1.81. The Kier molecular flexibility index (Phi) is 7.77. The molecule has 8 heavy (non-hydrogen) atoms. The van der Waals surface area contributed by atoms with Gasteiger partial charge in [0.15, 0.2) is 0 Å². The van der Waals surface area contributed by atoms with Crippen molar-refractivity contribution in [1.82, 2.24) is 0 Å². The van der Waals surface area contributed by atoms with Crippen LogP contribution in [0.4, 0.5) is 0 Å². The van der Waals surface area contributed by atoms with Crippen molar-refractivity contribution in [1.29, 1.82) is 0 Å². The highest BCUT2D eigenvalue weighted by molar-refractivity contribution is 9.09. The van der Waals surface area contributed by atoms with E-state index in [1.807, 2.05) is 0 Å². The standard InChI is InChI=1S/C5H12BrNO/c6-2-5-8-4-1-3-7/h1-5,7H2. The van der Waals surface area contributed by atoms with Gasteiger partial charge in [0.1, 0.15) is 0 Å². The summed E-state index contributed by atoms with van der Waals surface area (Å²) in [4.78, 5) is 0. The Morgan fingerprint density at radius 1 is 1.38 bits per heavy atom. The summed E-state index contributed by atoms with van der Waals surface area (Å²) in [5.74, 6) is 0. The van der Waals surface area contributed by atoms with Gasteiger partial charge in [-0.3, -0.25) is 0 Å². The largest absolute Gasteiger partial charge is 0.381 e. The zero-order chi connectivity index (χ0) is 6.24. The molecule has 50 valence electrons. The fraction of sp³-hybridized carbons (Fsp3) is 1.00.